The summed E-state index contributed by atoms with van der Waals surface area (Å²) < 4.78 is 0. The molecule has 68 valence electrons. The van der Waals surface area contributed by atoms with Crippen LogP contribution >= 0.6 is 0 Å². The third kappa shape index (κ3) is 1.90. The summed E-state index contributed by atoms with van der Waals surface area (Å²) in [7, 11) is 0. The van der Waals surface area contributed by atoms with Gasteiger partial charge in [0.2, 0.25) is 0 Å². The van der Waals surface area contributed by atoms with E-state index in [4.69, 9.17) is 0 Å². The van der Waals surface area contributed by atoms with Crippen molar-refractivity contribution in [1.82, 2.24) is 4.98 Å². The monoisotopic (exact) mass is 165 g/mol. The van der Waals surface area contributed by atoms with Crippen LogP contribution < -0.4 is 0 Å². The Labute approximate surface area is 75.2 Å². The Morgan fingerprint density at radius 1 is 1.25 bits per heavy atom. The minimum Gasteiger partial charge on any atom is -0.362 e. The van der Waals surface area contributed by atoms with Crippen molar-refractivity contribution in [2.24, 2.45) is 5.41 Å². The number of aryl methyl sites for hydroxylation is 1. The number of nitrogens with one attached hydrogen (secondary N) is 1. The normalized spacial score (nSPS) is 14.8. The van der Waals surface area contributed by atoms with Crippen molar-refractivity contribution < 1.29 is 0 Å². The van der Waals surface area contributed by atoms with Gasteiger partial charge in [0.25, 0.3) is 0 Å². The molecule has 0 fully saturated rings. The molecular formula is C11H19N. The molecule has 1 unspecified atom stereocenters. The molecular weight excluding hydrogens is 146 g/mol. The fourth-order valence-electron chi connectivity index (χ4n) is 1.24. The first kappa shape index (κ1) is 9.37. The molecule has 0 bridgehead atoms. The maximum absolute atomic E-state index is 3.38. The standard InChI is InChI=1S/C11H19N/c1-8-6-7-10(12-8)9(2)11(3,4)5/h6-7,9,12H,1-5H3. The van der Waals surface area contributed by atoms with Gasteiger partial charge in [-0.1, -0.05) is 27.7 Å². The Morgan fingerprint density at radius 2 is 1.83 bits per heavy atom. The summed E-state index contributed by atoms with van der Waals surface area (Å²) in [6.07, 6.45) is 0. The van der Waals surface area contributed by atoms with Gasteiger partial charge in [-0.2, -0.15) is 0 Å². The molecule has 1 atom stereocenters. The predicted molar refractivity (Wildman–Crippen MR) is 53.4 cm³/mol. The van der Waals surface area contributed by atoms with E-state index in [-0.39, 0.29) is 0 Å². The molecule has 12 heavy (non-hydrogen) atoms. The minimum absolute atomic E-state index is 0.345. The topological polar surface area (TPSA) is 15.8 Å². The predicted octanol–water partition coefficient (Wildman–Crippen LogP) is 3.47. The fourth-order valence-corrected chi connectivity index (χ4v) is 1.24. The second-order valence-corrected chi connectivity index (χ2v) is 4.68. The van der Waals surface area contributed by atoms with Crippen molar-refractivity contribution in [3.05, 3.63) is 23.5 Å². The van der Waals surface area contributed by atoms with E-state index in [0.29, 0.717) is 11.3 Å². The first-order chi connectivity index (χ1) is 5.41. The maximum Gasteiger partial charge on any atom is 0.0183 e. The van der Waals surface area contributed by atoms with Gasteiger partial charge in [-0.15, -0.1) is 0 Å². The highest BCUT2D eigenvalue weighted by Gasteiger charge is 2.22. The largest absolute Gasteiger partial charge is 0.362 e. The molecule has 0 aliphatic rings. The summed E-state index contributed by atoms with van der Waals surface area (Å²) in [4.78, 5) is 3.38. The smallest absolute Gasteiger partial charge is 0.0183 e. The van der Waals surface area contributed by atoms with Crippen molar-refractivity contribution in [1.29, 1.82) is 0 Å². The molecule has 1 aromatic heterocycles. The van der Waals surface area contributed by atoms with Crippen molar-refractivity contribution >= 4 is 0 Å². The van der Waals surface area contributed by atoms with Crippen molar-refractivity contribution in [2.45, 2.75) is 40.5 Å². The highest BCUT2D eigenvalue weighted by molar-refractivity contribution is 5.16. The van der Waals surface area contributed by atoms with E-state index in [1.165, 1.54) is 11.4 Å². The molecule has 0 aliphatic carbocycles. The average Bonchev–Trinajstić information content (AvgIpc) is 2.32. The third-order valence-electron chi connectivity index (χ3n) is 2.62. The van der Waals surface area contributed by atoms with Crippen molar-refractivity contribution in [3.8, 4) is 0 Å². The van der Waals surface area contributed by atoms with Gasteiger partial charge >= 0.3 is 0 Å². The van der Waals surface area contributed by atoms with Gasteiger partial charge in [-0.3, -0.25) is 0 Å². The van der Waals surface area contributed by atoms with Gasteiger partial charge in [0.15, 0.2) is 0 Å². The molecule has 1 aromatic rings. The second kappa shape index (κ2) is 2.96. The van der Waals surface area contributed by atoms with Crippen LogP contribution in [0.1, 0.15) is 45.0 Å². The molecule has 0 aliphatic heterocycles. The van der Waals surface area contributed by atoms with Gasteiger partial charge < -0.3 is 4.98 Å². The van der Waals surface area contributed by atoms with Crippen LogP contribution in [0.15, 0.2) is 12.1 Å². The maximum atomic E-state index is 3.38. The summed E-state index contributed by atoms with van der Waals surface area (Å²) in [5.74, 6) is 0.589. The SMILES string of the molecule is Cc1ccc(C(C)C(C)(C)C)[nH]1. The van der Waals surface area contributed by atoms with E-state index < -0.39 is 0 Å². The number of hydrogen-bond acceptors (Lipinski definition) is 0. The molecule has 1 rings (SSSR count). The fraction of sp³-hybridized carbons (Fsp3) is 0.636. The van der Waals surface area contributed by atoms with Crippen LogP contribution in [0.4, 0.5) is 0 Å². The van der Waals surface area contributed by atoms with Gasteiger partial charge in [0, 0.05) is 17.3 Å². The van der Waals surface area contributed by atoms with Gasteiger partial charge in [0.05, 0.1) is 0 Å². The lowest BCUT2D eigenvalue weighted by Crippen LogP contribution is -2.15. The van der Waals surface area contributed by atoms with Gasteiger partial charge in [-0.25, -0.2) is 0 Å². The highest BCUT2D eigenvalue weighted by Crippen LogP contribution is 2.33. The lowest BCUT2D eigenvalue weighted by Gasteiger charge is -2.26. The number of rotatable bonds is 1. The highest BCUT2D eigenvalue weighted by atomic mass is 14.7. The second-order valence-electron chi connectivity index (χ2n) is 4.68. The molecule has 1 heterocycles. The van der Waals surface area contributed by atoms with E-state index in [1.54, 1.807) is 0 Å². The summed E-state index contributed by atoms with van der Waals surface area (Å²) in [5, 5.41) is 0. The molecule has 1 nitrogen and oxygen atoms in total. The van der Waals surface area contributed by atoms with Crippen molar-refractivity contribution in [2.75, 3.05) is 0 Å². The Balaban J connectivity index is 2.85. The molecule has 1 heteroatoms. The van der Waals surface area contributed by atoms with Crippen LogP contribution in [0, 0.1) is 12.3 Å². The van der Waals surface area contributed by atoms with E-state index in [1.807, 2.05) is 0 Å². The lowest BCUT2D eigenvalue weighted by molar-refractivity contribution is 0.335. The summed E-state index contributed by atoms with van der Waals surface area (Å²) in [6, 6.07) is 4.32. The quantitative estimate of drug-likeness (QED) is 0.655. The Bertz CT molecular complexity index is 252. The van der Waals surface area contributed by atoms with Crippen LogP contribution in [0.3, 0.4) is 0 Å². The molecule has 0 saturated carbocycles. The van der Waals surface area contributed by atoms with Crippen LogP contribution in [-0.2, 0) is 0 Å². The van der Waals surface area contributed by atoms with Crippen LogP contribution in [0.2, 0.25) is 0 Å². The Kier molecular flexibility index (Phi) is 2.31. The van der Waals surface area contributed by atoms with Crippen LogP contribution in [0.25, 0.3) is 0 Å². The minimum atomic E-state index is 0.345. The zero-order valence-electron chi connectivity index (χ0n) is 8.73. The van der Waals surface area contributed by atoms with Crippen LogP contribution in [0.5, 0.6) is 0 Å². The number of aromatic nitrogens is 1. The van der Waals surface area contributed by atoms with E-state index in [0.717, 1.165) is 0 Å². The van der Waals surface area contributed by atoms with Gasteiger partial charge in [-0.05, 0) is 24.5 Å². The van der Waals surface area contributed by atoms with Crippen LogP contribution in [-0.4, -0.2) is 4.98 Å². The zero-order valence-corrected chi connectivity index (χ0v) is 8.73. The summed E-state index contributed by atoms with van der Waals surface area (Å²) >= 11 is 0. The molecule has 0 radical (unpaired) electrons. The number of hydrogen-bond donors (Lipinski definition) is 1. The molecule has 0 aromatic carbocycles. The summed E-state index contributed by atoms with van der Waals surface area (Å²) in [6.45, 7) is 11.2. The average molecular weight is 165 g/mol. The molecule has 1 N–H and O–H groups in total. The van der Waals surface area contributed by atoms with E-state index >= 15 is 0 Å². The number of aromatic amines is 1. The van der Waals surface area contributed by atoms with E-state index in [2.05, 4.69) is 51.7 Å². The zero-order chi connectivity index (χ0) is 9.35. The lowest BCUT2D eigenvalue weighted by atomic mass is 9.80. The first-order valence-corrected chi connectivity index (χ1v) is 4.57. The van der Waals surface area contributed by atoms with E-state index in [9.17, 15) is 0 Å². The molecule has 0 spiro atoms. The summed E-state index contributed by atoms with van der Waals surface area (Å²) in [5.41, 5.74) is 2.94. The first-order valence-electron chi connectivity index (χ1n) is 4.57. The Morgan fingerprint density at radius 3 is 2.17 bits per heavy atom. The molecule has 0 saturated heterocycles. The van der Waals surface area contributed by atoms with Crippen molar-refractivity contribution in [3.63, 3.8) is 0 Å². The number of H-pyrrole nitrogens is 1. The van der Waals surface area contributed by atoms with Gasteiger partial charge in [0.1, 0.15) is 0 Å². The Hall–Kier alpha value is -0.720. The molecule has 0 amide bonds. The third-order valence-corrected chi connectivity index (χ3v) is 2.62.